The largest absolute Gasteiger partial charge is 0.395 e. The quantitative estimate of drug-likeness (QED) is 0.644. The van der Waals surface area contributed by atoms with Crippen LogP contribution in [0.3, 0.4) is 0 Å². The summed E-state index contributed by atoms with van der Waals surface area (Å²) < 4.78 is 13.7. The summed E-state index contributed by atoms with van der Waals surface area (Å²) in [5.41, 5.74) is 6.49. The molecule has 1 aromatic carbocycles. The third kappa shape index (κ3) is 3.16. The van der Waals surface area contributed by atoms with E-state index < -0.39 is 0 Å². The standard InChI is InChI=1S/C11H17FN2O2/c12-10-7-9(8-13)1-2-11(10)14(3-5-15)4-6-16/h1-2,7,15-16H,3-6,8,13H2. The van der Waals surface area contributed by atoms with Gasteiger partial charge in [-0.3, -0.25) is 0 Å². The topological polar surface area (TPSA) is 69.7 Å². The highest BCUT2D eigenvalue weighted by molar-refractivity contribution is 5.49. The van der Waals surface area contributed by atoms with E-state index in [-0.39, 0.29) is 25.6 Å². The fourth-order valence-corrected chi connectivity index (χ4v) is 1.53. The molecule has 0 unspecified atom stereocenters. The van der Waals surface area contributed by atoms with Gasteiger partial charge in [0.15, 0.2) is 0 Å². The van der Waals surface area contributed by atoms with Gasteiger partial charge in [0.25, 0.3) is 0 Å². The van der Waals surface area contributed by atoms with Crippen molar-refractivity contribution in [2.75, 3.05) is 31.2 Å². The molecule has 5 heteroatoms. The van der Waals surface area contributed by atoms with Crippen LogP contribution >= 0.6 is 0 Å². The molecule has 0 saturated heterocycles. The van der Waals surface area contributed by atoms with Crippen molar-refractivity contribution in [2.45, 2.75) is 6.54 Å². The molecule has 4 nitrogen and oxygen atoms in total. The molecule has 90 valence electrons. The summed E-state index contributed by atoms with van der Waals surface area (Å²) in [6, 6.07) is 4.72. The van der Waals surface area contributed by atoms with Gasteiger partial charge in [0.1, 0.15) is 5.82 Å². The zero-order valence-electron chi connectivity index (χ0n) is 9.06. The van der Waals surface area contributed by atoms with Gasteiger partial charge in [-0.15, -0.1) is 0 Å². The molecule has 0 spiro atoms. The van der Waals surface area contributed by atoms with Crippen LogP contribution in [-0.4, -0.2) is 36.5 Å². The van der Waals surface area contributed by atoms with E-state index >= 15 is 0 Å². The Bertz CT molecular complexity index is 328. The van der Waals surface area contributed by atoms with Gasteiger partial charge in [0.2, 0.25) is 0 Å². The van der Waals surface area contributed by atoms with Gasteiger partial charge in [-0.05, 0) is 17.7 Å². The van der Waals surface area contributed by atoms with Gasteiger partial charge >= 0.3 is 0 Å². The predicted octanol–water partition coefficient (Wildman–Crippen LogP) is 0.0754. The van der Waals surface area contributed by atoms with Crippen molar-refractivity contribution < 1.29 is 14.6 Å². The molecule has 1 rings (SSSR count). The van der Waals surface area contributed by atoms with Crippen LogP contribution < -0.4 is 10.6 Å². The fourth-order valence-electron chi connectivity index (χ4n) is 1.53. The number of hydrogen-bond acceptors (Lipinski definition) is 4. The van der Waals surface area contributed by atoms with Crippen LogP contribution in [0.25, 0.3) is 0 Å². The lowest BCUT2D eigenvalue weighted by atomic mass is 10.2. The Morgan fingerprint density at radius 3 is 2.25 bits per heavy atom. The van der Waals surface area contributed by atoms with Gasteiger partial charge in [-0.2, -0.15) is 0 Å². The van der Waals surface area contributed by atoms with Crippen molar-refractivity contribution >= 4 is 5.69 Å². The van der Waals surface area contributed by atoms with Gasteiger partial charge in [-0.1, -0.05) is 6.07 Å². The molecule has 0 aliphatic carbocycles. The SMILES string of the molecule is NCc1ccc(N(CCO)CCO)c(F)c1. The lowest BCUT2D eigenvalue weighted by Crippen LogP contribution is -2.30. The number of nitrogens with two attached hydrogens (primary N) is 1. The van der Waals surface area contributed by atoms with Crippen molar-refractivity contribution in [3.63, 3.8) is 0 Å². The minimum atomic E-state index is -0.384. The van der Waals surface area contributed by atoms with Crippen LogP contribution in [0.5, 0.6) is 0 Å². The van der Waals surface area contributed by atoms with Gasteiger partial charge < -0.3 is 20.8 Å². The van der Waals surface area contributed by atoms with E-state index in [1.807, 2.05) is 0 Å². The summed E-state index contributed by atoms with van der Waals surface area (Å²) in [7, 11) is 0. The highest BCUT2D eigenvalue weighted by Gasteiger charge is 2.10. The molecule has 0 saturated carbocycles. The van der Waals surface area contributed by atoms with E-state index in [2.05, 4.69) is 0 Å². The Hall–Kier alpha value is -1.17. The average molecular weight is 228 g/mol. The number of rotatable bonds is 6. The molecule has 0 fully saturated rings. The van der Waals surface area contributed by atoms with Crippen LogP contribution in [-0.2, 0) is 6.54 Å². The Labute approximate surface area is 94.1 Å². The minimum absolute atomic E-state index is 0.0852. The maximum absolute atomic E-state index is 13.7. The molecular weight excluding hydrogens is 211 g/mol. The first-order valence-electron chi connectivity index (χ1n) is 5.18. The molecule has 4 N–H and O–H groups in total. The van der Waals surface area contributed by atoms with Crippen LogP contribution in [0.1, 0.15) is 5.56 Å². The molecule has 0 aliphatic heterocycles. The summed E-state index contributed by atoms with van der Waals surface area (Å²) in [6.45, 7) is 0.701. The number of aliphatic hydroxyl groups excluding tert-OH is 2. The zero-order chi connectivity index (χ0) is 12.0. The molecular formula is C11H17FN2O2. The number of halogens is 1. The Balaban J connectivity index is 2.90. The molecule has 0 aliphatic rings. The third-order valence-electron chi connectivity index (χ3n) is 2.33. The van der Waals surface area contributed by atoms with Crippen molar-refractivity contribution in [2.24, 2.45) is 5.73 Å². The van der Waals surface area contributed by atoms with E-state index in [1.54, 1.807) is 17.0 Å². The number of hydrogen-bond donors (Lipinski definition) is 3. The summed E-state index contributed by atoms with van der Waals surface area (Å²) in [6.07, 6.45) is 0. The Morgan fingerprint density at radius 1 is 1.19 bits per heavy atom. The van der Waals surface area contributed by atoms with Crippen LogP contribution in [0.2, 0.25) is 0 Å². The molecule has 0 amide bonds. The average Bonchev–Trinajstić information content (AvgIpc) is 2.29. The minimum Gasteiger partial charge on any atom is -0.395 e. The third-order valence-corrected chi connectivity index (χ3v) is 2.33. The highest BCUT2D eigenvalue weighted by Crippen LogP contribution is 2.20. The highest BCUT2D eigenvalue weighted by atomic mass is 19.1. The number of aliphatic hydroxyl groups is 2. The van der Waals surface area contributed by atoms with Crippen molar-refractivity contribution in [3.05, 3.63) is 29.6 Å². The lowest BCUT2D eigenvalue weighted by molar-refractivity contribution is 0.280. The second kappa shape index (κ2) is 6.42. The number of anilines is 1. The summed E-state index contributed by atoms with van der Waals surface area (Å²) in [5, 5.41) is 17.7. The van der Waals surface area contributed by atoms with Crippen molar-refractivity contribution in [1.29, 1.82) is 0 Å². The van der Waals surface area contributed by atoms with E-state index in [0.29, 0.717) is 24.3 Å². The monoisotopic (exact) mass is 228 g/mol. The second-order valence-corrected chi connectivity index (χ2v) is 3.42. The first-order chi connectivity index (χ1) is 7.72. The van der Waals surface area contributed by atoms with Crippen molar-refractivity contribution in [1.82, 2.24) is 0 Å². The van der Waals surface area contributed by atoms with Gasteiger partial charge in [-0.25, -0.2) is 4.39 Å². The van der Waals surface area contributed by atoms with Crippen molar-refractivity contribution in [3.8, 4) is 0 Å². The van der Waals surface area contributed by atoms with Crippen LogP contribution in [0, 0.1) is 5.82 Å². The Kier molecular flexibility index (Phi) is 5.18. The van der Waals surface area contributed by atoms with Crippen LogP contribution in [0.15, 0.2) is 18.2 Å². The van der Waals surface area contributed by atoms with Crippen LogP contribution in [0.4, 0.5) is 10.1 Å². The lowest BCUT2D eigenvalue weighted by Gasteiger charge is -2.23. The summed E-state index contributed by atoms with van der Waals surface area (Å²) in [4.78, 5) is 1.59. The Morgan fingerprint density at radius 2 is 1.81 bits per heavy atom. The number of benzene rings is 1. The number of nitrogens with zero attached hydrogens (tertiary/aromatic N) is 1. The zero-order valence-corrected chi connectivity index (χ0v) is 9.06. The maximum atomic E-state index is 13.7. The van der Waals surface area contributed by atoms with E-state index in [9.17, 15) is 4.39 Å². The van der Waals surface area contributed by atoms with E-state index in [0.717, 1.165) is 0 Å². The molecule has 0 heterocycles. The maximum Gasteiger partial charge on any atom is 0.146 e. The van der Waals surface area contributed by atoms with E-state index in [1.165, 1.54) is 6.07 Å². The van der Waals surface area contributed by atoms with Gasteiger partial charge in [0, 0.05) is 19.6 Å². The molecule has 0 radical (unpaired) electrons. The molecule has 0 bridgehead atoms. The molecule has 1 aromatic rings. The smallest absolute Gasteiger partial charge is 0.146 e. The molecule has 16 heavy (non-hydrogen) atoms. The normalized spacial score (nSPS) is 10.5. The first kappa shape index (κ1) is 12.9. The fraction of sp³-hybridized carbons (Fsp3) is 0.455. The second-order valence-electron chi connectivity index (χ2n) is 3.42. The summed E-state index contributed by atoms with van der Waals surface area (Å²) in [5.74, 6) is -0.384. The summed E-state index contributed by atoms with van der Waals surface area (Å²) >= 11 is 0. The molecule has 0 atom stereocenters. The van der Waals surface area contributed by atoms with E-state index in [4.69, 9.17) is 15.9 Å². The van der Waals surface area contributed by atoms with Gasteiger partial charge in [0.05, 0.1) is 18.9 Å². The predicted molar refractivity (Wildman–Crippen MR) is 60.7 cm³/mol. The first-order valence-corrected chi connectivity index (χ1v) is 5.18. The molecule has 0 aromatic heterocycles.